The Labute approximate surface area is 210 Å². The number of aliphatic hydroxyl groups excluding tert-OH is 1. The Balaban J connectivity index is 1.62. The topological polar surface area (TPSA) is 83.6 Å². The molecule has 188 valence electrons. The molecule has 1 atom stereocenters. The average Bonchev–Trinajstić information content (AvgIpc) is 3.31. The normalized spacial score (nSPS) is 11.9. The number of aromatic nitrogens is 1. The zero-order valence-corrected chi connectivity index (χ0v) is 20.5. The molecule has 0 radical (unpaired) electrons. The van der Waals surface area contributed by atoms with E-state index >= 15 is 0 Å². The van der Waals surface area contributed by atoms with Crippen LogP contribution in [0.15, 0.2) is 66.9 Å². The number of benzene rings is 3. The van der Waals surface area contributed by atoms with Gasteiger partial charge in [-0.2, -0.15) is 0 Å². The molecule has 1 aromatic heterocycles. The largest absolute Gasteiger partial charge is 0.494 e. The molecule has 4 aromatic rings. The van der Waals surface area contributed by atoms with Gasteiger partial charge in [-0.05, 0) is 67.3 Å². The number of rotatable bonds is 11. The number of carbonyl (C=O) groups excluding carboxylic acids is 1. The summed E-state index contributed by atoms with van der Waals surface area (Å²) in [4.78, 5) is 16.6. The van der Waals surface area contributed by atoms with Gasteiger partial charge < -0.3 is 24.9 Å². The van der Waals surface area contributed by atoms with Crippen molar-refractivity contribution in [1.29, 1.82) is 0 Å². The fourth-order valence-corrected chi connectivity index (χ4v) is 4.19. The average molecular weight is 491 g/mol. The van der Waals surface area contributed by atoms with Crippen LogP contribution >= 0.6 is 0 Å². The number of nitrogens with one attached hydrogen (secondary N) is 2. The minimum Gasteiger partial charge on any atom is -0.494 e. The Morgan fingerprint density at radius 3 is 2.69 bits per heavy atom. The van der Waals surface area contributed by atoms with Gasteiger partial charge in [0.05, 0.1) is 31.4 Å². The summed E-state index contributed by atoms with van der Waals surface area (Å²) in [6.07, 6.45) is 3.11. The number of fused-ring (bicyclic) bond motifs is 1. The first kappa shape index (κ1) is 25.3. The van der Waals surface area contributed by atoms with Gasteiger partial charge in [-0.25, -0.2) is 4.39 Å². The third kappa shape index (κ3) is 5.69. The standard InChI is InChI=1S/C29H31FN2O4/c1-3-13-36-28-12-9-19(24-16-22(35-4-2)10-11-26(24)30)15-25(28)29(34)32-21(18-33)14-20-17-31-27-8-6-5-7-23(20)27/h5-12,15-17,21,31,33H,3-4,13-14,18H2,1-2H3,(H,32,34)/t21-/m0/s1. The second-order valence-electron chi connectivity index (χ2n) is 8.55. The van der Waals surface area contributed by atoms with Crippen molar-refractivity contribution in [3.63, 3.8) is 0 Å². The lowest BCUT2D eigenvalue weighted by molar-refractivity contribution is 0.0912. The van der Waals surface area contributed by atoms with Crippen molar-refractivity contribution in [2.45, 2.75) is 32.7 Å². The number of hydrogen-bond donors (Lipinski definition) is 3. The van der Waals surface area contributed by atoms with Crippen molar-refractivity contribution < 1.29 is 23.8 Å². The van der Waals surface area contributed by atoms with E-state index in [0.29, 0.717) is 42.3 Å². The van der Waals surface area contributed by atoms with Crippen LogP contribution in [0.2, 0.25) is 0 Å². The summed E-state index contributed by atoms with van der Waals surface area (Å²) in [5, 5.41) is 14.0. The van der Waals surface area contributed by atoms with Crippen LogP contribution in [-0.2, 0) is 6.42 Å². The molecule has 3 aromatic carbocycles. The van der Waals surface area contributed by atoms with Gasteiger partial charge in [0.15, 0.2) is 0 Å². The van der Waals surface area contributed by atoms with E-state index in [2.05, 4.69) is 10.3 Å². The van der Waals surface area contributed by atoms with Gasteiger partial charge in [-0.1, -0.05) is 31.2 Å². The Morgan fingerprint density at radius 1 is 1.08 bits per heavy atom. The molecule has 0 saturated carbocycles. The summed E-state index contributed by atoms with van der Waals surface area (Å²) < 4.78 is 26.1. The number of ether oxygens (including phenoxy) is 2. The van der Waals surface area contributed by atoms with E-state index < -0.39 is 17.8 Å². The van der Waals surface area contributed by atoms with Crippen LogP contribution in [0.25, 0.3) is 22.0 Å². The van der Waals surface area contributed by atoms with Crippen molar-refractivity contribution in [2.75, 3.05) is 19.8 Å². The molecule has 0 aliphatic rings. The molecule has 0 saturated heterocycles. The molecule has 0 aliphatic carbocycles. The second-order valence-corrected chi connectivity index (χ2v) is 8.55. The second kappa shape index (κ2) is 11.7. The summed E-state index contributed by atoms with van der Waals surface area (Å²) in [6.45, 7) is 4.50. The van der Waals surface area contributed by atoms with E-state index in [0.717, 1.165) is 22.9 Å². The number of aliphatic hydroxyl groups is 1. The Kier molecular flexibility index (Phi) is 8.23. The monoisotopic (exact) mass is 490 g/mol. The number of halogens is 1. The number of amides is 1. The van der Waals surface area contributed by atoms with E-state index in [1.807, 2.05) is 44.3 Å². The van der Waals surface area contributed by atoms with E-state index in [9.17, 15) is 14.3 Å². The van der Waals surface area contributed by atoms with Crippen molar-refractivity contribution in [1.82, 2.24) is 10.3 Å². The van der Waals surface area contributed by atoms with Crippen molar-refractivity contribution in [3.05, 3.63) is 83.8 Å². The molecular formula is C29H31FN2O4. The molecule has 3 N–H and O–H groups in total. The molecule has 0 spiro atoms. The van der Waals surface area contributed by atoms with Gasteiger partial charge >= 0.3 is 0 Å². The van der Waals surface area contributed by atoms with Gasteiger partial charge in [-0.3, -0.25) is 4.79 Å². The molecule has 4 rings (SSSR count). The molecular weight excluding hydrogens is 459 g/mol. The first-order chi connectivity index (χ1) is 17.5. The maximum atomic E-state index is 14.7. The molecule has 7 heteroatoms. The molecule has 0 bridgehead atoms. The number of para-hydroxylation sites is 1. The lowest BCUT2D eigenvalue weighted by atomic mass is 10.0. The maximum absolute atomic E-state index is 14.7. The van der Waals surface area contributed by atoms with Crippen LogP contribution in [-0.4, -0.2) is 41.9 Å². The Hall–Kier alpha value is -3.84. The molecule has 36 heavy (non-hydrogen) atoms. The number of aromatic amines is 1. The van der Waals surface area contributed by atoms with E-state index in [1.165, 1.54) is 6.07 Å². The Morgan fingerprint density at radius 2 is 1.92 bits per heavy atom. The number of H-pyrrole nitrogens is 1. The van der Waals surface area contributed by atoms with Crippen molar-refractivity contribution in [2.24, 2.45) is 0 Å². The van der Waals surface area contributed by atoms with Crippen LogP contribution < -0.4 is 14.8 Å². The van der Waals surface area contributed by atoms with Gasteiger partial charge in [0.25, 0.3) is 5.91 Å². The maximum Gasteiger partial charge on any atom is 0.255 e. The van der Waals surface area contributed by atoms with Gasteiger partial charge in [0.1, 0.15) is 17.3 Å². The summed E-state index contributed by atoms with van der Waals surface area (Å²) in [6, 6.07) is 16.9. The number of hydrogen-bond acceptors (Lipinski definition) is 4. The highest BCUT2D eigenvalue weighted by molar-refractivity contribution is 5.98. The number of carbonyl (C=O) groups is 1. The lowest BCUT2D eigenvalue weighted by Crippen LogP contribution is -2.39. The minimum atomic E-state index is -0.516. The molecule has 1 amide bonds. The zero-order chi connectivity index (χ0) is 25.5. The highest BCUT2D eigenvalue weighted by Gasteiger charge is 2.20. The van der Waals surface area contributed by atoms with E-state index in [4.69, 9.17) is 9.47 Å². The lowest BCUT2D eigenvalue weighted by Gasteiger charge is -2.18. The fraction of sp³-hybridized carbons (Fsp3) is 0.276. The van der Waals surface area contributed by atoms with Crippen LogP contribution in [0.1, 0.15) is 36.2 Å². The van der Waals surface area contributed by atoms with Gasteiger partial charge in [-0.15, -0.1) is 0 Å². The first-order valence-corrected chi connectivity index (χ1v) is 12.2. The smallest absolute Gasteiger partial charge is 0.255 e. The van der Waals surface area contributed by atoms with Crippen LogP contribution in [0.3, 0.4) is 0 Å². The highest BCUT2D eigenvalue weighted by Crippen LogP contribution is 2.31. The van der Waals surface area contributed by atoms with Gasteiger partial charge in [0.2, 0.25) is 0 Å². The van der Waals surface area contributed by atoms with Crippen LogP contribution in [0.5, 0.6) is 11.5 Å². The summed E-state index contributed by atoms with van der Waals surface area (Å²) >= 11 is 0. The van der Waals surface area contributed by atoms with Crippen LogP contribution in [0, 0.1) is 5.82 Å². The molecule has 0 unspecified atom stereocenters. The zero-order valence-electron chi connectivity index (χ0n) is 20.5. The van der Waals surface area contributed by atoms with Crippen molar-refractivity contribution in [3.8, 4) is 22.6 Å². The van der Waals surface area contributed by atoms with Gasteiger partial charge in [0, 0.05) is 22.7 Å². The third-order valence-corrected chi connectivity index (χ3v) is 5.94. The predicted molar refractivity (Wildman–Crippen MR) is 139 cm³/mol. The summed E-state index contributed by atoms with van der Waals surface area (Å²) in [7, 11) is 0. The quantitative estimate of drug-likeness (QED) is 0.259. The Bertz CT molecular complexity index is 1330. The molecule has 6 nitrogen and oxygen atoms in total. The summed E-state index contributed by atoms with van der Waals surface area (Å²) in [5.41, 5.74) is 3.13. The van der Waals surface area contributed by atoms with E-state index in [-0.39, 0.29) is 12.2 Å². The highest BCUT2D eigenvalue weighted by atomic mass is 19.1. The fourth-order valence-electron chi connectivity index (χ4n) is 4.19. The molecule has 1 heterocycles. The van der Waals surface area contributed by atoms with E-state index in [1.54, 1.807) is 30.3 Å². The van der Waals surface area contributed by atoms with Crippen molar-refractivity contribution >= 4 is 16.8 Å². The third-order valence-electron chi connectivity index (χ3n) is 5.94. The van der Waals surface area contributed by atoms with Crippen LogP contribution in [0.4, 0.5) is 4.39 Å². The molecule has 0 fully saturated rings. The summed E-state index contributed by atoms with van der Waals surface area (Å²) in [5.74, 6) is 0.136. The molecule has 0 aliphatic heterocycles. The minimum absolute atomic E-state index is 0.235. The SMILES string of the molecule is CCCOc1ccc(-c2cc(OCC)ccc2F)cc1C(=O)N[C@H](CO)Cc1c[nH]c2ccccc12. The predicted octanol–water partition coefficient (Wildman–Crippen LogP) is 5.49. The first-order valence-electron chi connectivity index (χ1n) is 12.2.